The highest BCUT2D eigenvalue weighted by Crippen LogP contribution is 2.05. The maximum absolute atomic E-state index is 4.37. The molecule has 4 heteroatoms. The summed E-state index contributed by atoms with van der Waals surface area (Å²) < 4.78 is 0. The number of nitrogens with one attached hydrogen (secondary N) is 2. The Morgan fingerprint density at radius 1 is 0.889 bits per heavy atom. The van der Waals surface area contributed by atoms with Crippen molar-refractivity contribution in [3.05, 3.63) is 48.0 Å². The molecule has 0 radical (unpaired) electrons. The second-order valence-electron chi connectivity index (χ2n) is 3.97. The van der Waals surface area contributed by atoms with Gasteiger partial charge in [0, 0.05) is 12.4 Å². The predicted octanol–water partition coefficient (Wildman–Crippen LogP) is 3.36. The Labute approximate surface area is 107 Å². The molecular formula is C14H18N4. The van der Waals surface area contributed by atoms with Gasteiger partial charge in [-0.1, -0.05) is 13.8 Å². The lowest BCUT2D eigenvalue weighted by Crippen LogP contribution is -2.02. The number of hydrogen-bond donors (Lipinski definition) is 2. The molecule has 0 bridgehead atoms. The average Bonchev–Trinajstić information content (AvgIpc) is 3.07. The molecular weight excluding hydrogens is 224 g/mol. The van der Waals surface area contributed by atoms with Crippen molar-refractivity contribution in [1.29, 1.82) is 0 Å². The zero-order chi connectivity index (χ0) is 12.8. The van der Waals surface area contributed by atoms with E-state index in [1.165, 1.54) is 0 Å². The summed E-state index contributed by atoms with van der Waals surface area (Å²) in [6.45, 7) is 4.16. The molecule has 18 heavy (non-hydrogen) atoms. The third-order valence-electron chi connectivity index (χ3n) is 2.78. The average molecular weight is 242 g/mol. The molecule has 0 aliphatic heterocycles. The van der Waals surface area contributed by atoms with E-state index in [0.717, 1.165) is 35.7 Å². The van der Waals surface area contributed by atoms with Crippen molar-refractivity contribution >= 4 is 11.4 Å². The zero-order valence-electron chi connectivity index (χ0n) is 10.8. The van der Waals surface area contributed by atoms with Crippen molar-refractivity contribution in [2.24, 2.45) is 10.2 Å². The van der Waals surface area contributed by atoms with Crippen LogP contribution in [0.3, 0.4) is 0 Å². The Hall–Kier alpha value is -2.10. The molecule has 0 aliphatic rings. The van der Waals surface area contributed by atoms with E-state index >= 15 is 0 Å². The first-order valence-electron chi connectivity index (χ1n) is 6.26. The Bertz CT molecular complexity index is 468. The van der Waals surface area contributed by atoms with Crippen LogP contribution in [0.2, 0.25) is 0 Å². The maximum Gasteiger partial charge on any atom is 0.0861 e. The molecule has 0 amide bonds. The van der Waals surface area contributed by atoms with Crippen LogP contribution in [0.25, 0.3) is 0 Å². The SMILES string of the molecule is CC/C(=N/N=C(\CC)c1ccc[nH]1)c1ccc[nH]1. The van der Waals surface area contributed by atoms with Gasteiger partial charge in [-0.05, 0) is 37.1 Å². The number of aromatic nitrogens is 2. The van der Waals surface area contributed by atoms with Crippen LogP contribution >= 0.6 is 0 Å². The number of hydrogen-bond acceptors (Lipinski definition) is 2. The van der Waals surface area contributed by atoms with Gasteiger partial charge in [-0.25, -0.2) is 0 Å². The summed E-state index contributed by atoms with van der Waals surface area (Å²) in [6.07, 6.45) is 5.50. The molecule has 0 fully saturated rings. The standard InChI is InChI=1S/C14H18N4/c1-3-11(13-7-5-9-15-13)17-18-12(4-2)14-8-6-10-16-14/h5-10,15-16H,3-4H2,1-2H3/b17-11-,18-12+. The highest BCUT2D eigenvalue weighted by molar-refractivity contribution is 6.01. The van der Waals surface area contributed by atoms with E-state index in [2.05, 4.69) is 34.0 Å². The predicted molar refractivity (Wildman–Crippen MR) is 75.2 cm³/mol. The van der Waals surface area contributed by atoms with Crippen LogP contribution in [0.5, 0.6) is 0 Å². The van der Waals surface area contributed by atoms with Crippen LogP contribution in [0.4, 0.5) is 0 Å². The van der Waals surface area contributed by atoms with Crippen molar-refractivity contribution in [1.82, 2.24) is 9.97 Å². The first-order valence-corrected chi connectivity index (χ1v) is 6.26. The number of nitrogens with zero attached hydrogens (tertiary/aromatic N) is 2. The first kappa shape index (κ1) is 12.4. The highest BCUT2D eigenvalue weighted by atomic mass is 15.2. The molecule has 94 valence electrons. The zero-order valence-corrected chi connectivity index (χ0v) is 10.8. The molecule has 2 aromatic heterocycles. The molecule has 2 rings (SSSR count). The van der Waals surface area contributed by atoms with Gasteiger partial charge in [0.25, 0.3) is 0 Å². The maximum atomic E-state index is 4.37. The van der Waals surface area contributed by atoms with Crippen LogP contribution in [0.1, 0.15) is 38.1 Å². The summed E-state index contributed by atoms with van der Waals surface area (Å²) in [7, 11) is 0. The number of rotatable bonds is 5. The van der Waals surface area contributed by atoms with Gasteiger partial charge >= 0.3 is 0 Å². The van der Waals surface area contributed by atoms with Gasteiger partial charge in [0.1, 0.15) is 0 Å². The molecule has 0 atom stereocenters. The van der Waals surface area contributed by atoms with Crippen molar-refractivity contribution < 1.29 is 0 Å². The minimum Gasteiger partial charge on any atom is -0.360 e. The highest BCUT2D eigenvalue weighted by Gasteiger charge is 2.03. The normalized spacial score (nSPS) is 13.0. The van der Waals surface area contributed by atoms with Crippen molar-refractivity contribution in [3.63, 3.8) is 0 Å². The Balaban J connectivity index is 2.26. The van der Waals surface area contributed by atoms with E-state index in [9.17, 15) is 0 Å². The molecule has 0 saturated carbocycles. The lowest BCUT2D eigenvalue weighted by Gasteiger charge is -2.00. The largest absolute Gasteiger partial charge is 0.360 e. The molecule has 2 aromatic rings. The minimum atomic E-state index is 0.853. The molecule has 2 heterocycles. The monoisotopic (exact) mass is 242 g/mol. The van der Waals surface area contributed by atoms with E-state index in [4.69, 9.17) is 0 Å². The van der Waals surface area contributed by atoms with Crippen LogP contribution in [-0.2, 0) is 0 Å². The third kappa shape index (κ3) is 2.77. The molecule has 0 aromatic carbocycles. The van der Waals surface area contributed by atoms with Gasteiger partial charge in [0.15, 0.2) is 0 Å². The van der Waals surface area contributed by atoms with Crippen molar-refractivity contribution in [2.75, 3.05) is 0 Å². The van der Waals surface area contributed by atoms with Gasteiger partial charge in [-0.15, -0.1) is 0 Å². The summed E-state index contributed by atoms with van der Waals surface area (Å²) >= 11 is 0. The quantitative estimate of drug-likeness (QED) is 0.596. The molecule has 0 spiro atoms. The van der Waals surface area contributed by atoms with E-state index < -0.39 is 0 Å². The summed E-state index contributed by atoms with van der Waals surface area (Å²) in [6, 6.07) is 7.96. The van der Waals surface area contributed by atoms with Gasteiger partial charge in [0.05, 0.1) is 22.8 Å². The van der Waals surface area contributed by atoms with Crippen molar-refractivity contribution in [2.45, 2.75) is 26.7 Å². The second kappa shape index (κ2) is 6.00. The summed E-state index contributed by atoms with van der Waals surface area (Å²) in [5.41, 5.74) is 4.00. The molecule has 4 nitrogen and oxygen atoms in total. The number of aromatic amines is 2. The molecule has 2 N–H and O–H groups in total. The van der Waals surface area contributed by atoms with E-state index in [1.54, 1.807) is 0 Å². The fraction of sp³-hybridized carbons (Fsp3) is 0.286. The summed E-state index contributed by atoms with van der Waals surface area (Å²) in [5, 5.41) is 8.73. The third-order valence-corrected chi connectivity index (χ3v) is 2.78. The van der Waals surface area contributed by atoms with Gasteiger partial charge in [-0.2, -0.15) is 10.2 Å². The Morgan fingerprint density at radius 3 is 1.61 bits per heavy atom. The van der Waals surface area contributed by atoms with Crippen LogP contribution in [-0.4, -0.2) is 21.4 Å². The Kier molecular flexibility index (Phi) is 4.12. The fourth-order valence-electron chi connectivity index (χ4n) is 1.77. The smallest absolute Gasteiger partial charge is 0.0861 e. The topological polar surface area (TPSA) is 56.3 Å². The van der Waals surface area contributed by atoms with Gasteiger partial charge in [0.2, 0.25) is 0 Å². The fourth-order valence-corrected chi connectivity index (χ4v) is 1.77. The molecule has 0 aliphatic carbocycles. The lowest BCUT2D eigenvalue weighted by molar-refractivity contribution is 1.12. The van der Waals surface area contributed by atoms with Crippen LogP contribution < -0.4 is 0 Å². The summed E-state index contributed by atoms with van der Waals surface area (Å²) in [4.78, 5) is 6.31. The lowest BCUT2D eigenvalue weighted by atomic mass is 10.2. The van der Waals surface area contributed by atoms with E-state index in [1.807, 2.05) is 36.7 Å². The Morgan fingerprint density at radius 2 is 1.33 bits per heavy atom. The van der Waals surface area contributed by atoms with E-state index in [-0.39, 0.29) is 0 Å². The van der Waals surface area contributed by atoms with Gasteiger partial charge in [-0.3, -0.25) is 0 Å². The molecule has 0 saturated heterocycles. The second-order valence-corrected chi connectivity index (χ2v) is 3.97. The van der Waals surface area contributed by atoms with Gasteiger partial charge < -0.3 is 9.97 Å². The summed E-state index contributed by atoms with van der Waals surface area (Å²) in [5.74, 6) is 0. The minimum absolute atomic E-state index is 0.853. The van der Waals surface area contributed by atoms with Crippen LogP contribution in [0.15, 0.2) is 46.9 Å². The first-order chi connectivity index (χ1) is 8.85. The molecule has 0 unspecified atom stereocenters. The van der Waals surface area contributed by atoms with Crippen LogP contribution in [0, 0.1) is 0 Å². The number of H-pyrrole nitrogens is 2. The van der Waals surface area contributed by atoms with Crippen molar-refractivity contribution in [3.8, 4) is 0 Å². The van der Waals surface area contributed by atoms with E-state index in [0.29, 0.717) is 0 Å².